The Kier molecular flexibility index (Phi) is 3.49. The summed E-state index contributed by atoms with van der Waals surface area (Å²) in [5.74, 6) is 0. The lowest BCUT2D eigenvalue weighted by molar-refractivity contribution is 0.219. The van der Waals surface area contributed by atoms with Gasteiger partial charge in [0, 0.05) is 30.9 Å². The first-order valence-electron chi connectivity index (χ1n) is 6.22. The van der Waals surface area contributed by atoms with Crippen molar-refractivity contribution in [3.05, 3.63) is 35.6 Å². The van der Waals surface area contributed by atoms with Crippen LogP contribution in [0.25, 0.3) is 0 Å². The molecule has 88 valence electrons. The predicted octanol–water partition coefficient (Wildman–Crippen LogP) is 2.46. The Morgan fingerprint density at radius 1 is 1.12 bits per heavy atom. The van der Waals surface area contributed by atoms with E-state index in [4.69, 9.17) is 0 Å². The lowest BCUT2D eigenvalue weighted by Gasteiger charge is -2.38. The monoisotopic (exact) mass is 218 g/mol. The van der Waals surface area contributed by atoms with E-state index in [9.17, 15) is 0 Å². The molecule has 0 bridgehead atoms. The molecular formula is C14H22N2. The number of nitrogens with zero attached hydrogens (tertiary/aromatic N) is 1. The zero-order valence-corrected chi connectivity index (χ0v) is 10.5. The molecule has 0 spiro atoms. The molecular weight excluding hydrogens is 196 g/mol. The van der Waals surface area contributed by atoms with Gasteiger partial charge in [0.25, 0.3) is 0 Å². The highest BCUT2D eigenvalue weighted by molar-refractivity contribution is 5.34. The van der Waals surface area contributed by atoms with Crippen LogP contribution in [0.3, 0.4) is 0 Å². The number of nitrogens with one attached hydrogen (secondary N) is 1. The van der Waals surface area contributed by atoms with Crippen LogP contribution in [0.5, 0.6) is 0 Å². The zero-order valence-electron chi connectivity index (χ0n) is 10.5. The van der Waals surface area contributed by atoms with Gasteiger partial charge in [-0.3, -0.25) is 0 Å². The quantitative estimate of drug-likeness (QED) is 0.727. The fraction of sp³-hybridized carbons (Fsp3) is 0.571. The third-order valence-corrected chi connectivity index (χ3v) is 3.22. The fourth-order valence-electron chi connectivity index (χ4n) is 2.60. The minimum atomic E-state index is 0.574. The molecule has 1 aliphatic heterocycles. The van der Waals surface area contributed by atoms with Gasteiger partial charge in [0.05, 0.1) is 0 Å². The molecule has 1 fully saturated rings. The summed E-state index contributed by atoms with van der Waals surface area (Å²) in [7, 11) is 0. The van der Waals surface area contributed by atoms with Crippen LogP contribution in [0, 0.1) is 0 Å². The summed E-state index contributed by atoms with van der Waals surface area (Å²) >= 11 is 0. The Balaban J connectivity index is 2.19. The van der Waals surface area contributed by atoms with Gasteiger partial charge in [0.1, 0.15) is 0 Å². The van der Waals surface area contributed by atoms with Gasteiger partial charge in [-0.1, -0.05) is 18.2 Å². The van der Waals surface area contributed by atoms with E-state index in [1.54, 1.807) is 0 Å². The van der Waals surface area contributed by atoms with Crippen molar-refractivity contribution >= 4 is 0 Å². The van der Waals surface area contributed by atoms with Crippen molar-refractivity contribution in [2.75, 3.05) is 13.1 Å². The first-order chi connectivity index (χ1) is 7.66. The third-order valence-electron chi connectivity index (χ3n) is 3.22. The molecule has 0 saturated carbocycles. The van der Waals surface area contributed by atoms with Gasteiger partial charge in [-0.25, -0.2) is 0 Å². The fourth-order valence-corrected chi connectivity index (χ4v) is 2.60. The maximum atomic E-state index is 3.57. The summed E-state index contributed by atoms with van der Waals surface area (Å²) in [5, 5.41) is 3.57. The molecule has 1 saturated heterocycles. The molecule has 16 heavy (non-hydrogen) atoms. The predicted molar refractivity (Wildman–Crippen MR) is 69.2 cm³/mol. The van der Waals surface area contributed by atoms with Gasteiger partial charge in [0.15, 0.2) is 0 Å². The standard InChI is InChI=1S/C14H22N2/c1-11-7-5-4-6-8-14(11)16-9-12(2)15-13(3)10-16/h5-8,12-13,15H,4,9-10H2,1-3H3/t12-,13+. The second-order valence-corrected chi connectivity index (χ2v) is 4.98. The Bertz CT molecular complexity index is 329. The summed E-state index contributed by atoms with van der Waals surface area (Å²) in [6.45, 7) is 8.94. The number of allylic oxidation sites excluding steroid dienone is 5. The summed E-state index contributed by atoms with van der Waals surface area (Å²) in [5.41, 5.74) is 2.78. The molecule has 1 aliphatic carbocycles. The second-order valence-electron chi connectivity index (χ2n) is 4.98. The third kappa shape index (κ3) is 2.56. The van der Waals surface area contributed by atoms with Gasteiger partial charge in [0.2, 0.25) is 0 Å². The van der Waals surface area contributed by atoms with E-state index in [2.05, 4.69) is 55.3 Å². The normalized spacial score (nSPS) is 30.8. The van der Waals surface area contributed by atoms with Crippen LogP contribution < -0.4 is 5.32 Å². The Morgan fingerprint density at radius 2 is 1.75 bits per heavy atom. The molecule has 0 radical (unpaired) electrons. The van der Waals surface area contributed by atoms with Crippen LogP contribution in [0.15, 0.2) is 35.6 Å². The second kappa shape index (κ2) is 4.88. The molecule has 0 unspecified atom stereocenters. The zero-order chi connectivity index (χ0) is 11.5. The lowest BCUT2D eigenvalue weighted by atomic mass is 10.1. The first-order valence-corrected chi connectivity index (χ1v) is 6.22. The maximum Gasteiger partial charge on any atom is 0.0393 e. The van der Waals surface area contributed by atoms with E-state index in [1.165, 1.54) is 11.3 Å². The summed E-state index contributed by atoms with van der Waals surface area (Å²) in [6.07, 6.45) is 10.1. The van der Waals surface area contributed by atoms with E-state index in [0.29, 0.717) is 12.1 Å². The van der Waals surface area contributed by atoms with Gasteiger partial charge in [-0.15, -0.1) is 0 Å². The largest absolute Gasteiger partial charge is 0.368 e. The minimum Gasteiger partial charge on any atom is -0.368 e. The van der Waals surface area contributed by atoms with Crippen molar-refractivity contribution in [2.45, 2.75) is 39.3 Å². The molecule has 2 rings (SSSR count). The van der Waals surface area contributed by atoms with Crippen molar-refractivity contribution in [1.29, 1.82) is 0 Å². The van der Waals surface area contributed by atoms with Crippen LogP contribution in [0.1, 0.15) is 27.2 Å². The van der Waals surface area contributed by atoms with E-state index in [1.807, 2.05) is 0 Å². The molecule has 2 heteroatoms. The number of rotatable bonds is 1. The Labute approximate surface area is 98.7 Å². The number of hydrogen-bond donors (Lipinski definition) is 1. The van der Waals surface area contributed by atoms with Gasteiger partial charge in [-0.2, -0.15) is 0 Å². The van der Waals surface area contributed by atoms with Crippen LogP contribution in [0.4, 0.5) is 0 Å². The van der Waals surface area contributed by atoms with Crippen molar-refractivity contribution in [1.82, 2.24) is 10.2 Å². The van der Waals surface area contributed by atoms with Crippen LogP contribution in [0.2, 0.25) is 0 Å². The lowest BCUT2D eigenvalue weighted by Crippen LogP contribution is -2.53. The van der Waals surface area contributed by atoms with Crippen LogP contribution >= 0.6 is 0 Å². The molecule has 1 heterocycles. The summed E-state index contributed by atoms with van der Waals surface area (Å²) < 4.78 is 0. The highest BCUT2D eigenvalue weighted by Gasteiger charge is 2.22. The molecule has 0 aromatic heterocycles. The molecule has 2 atom stereocenters. The van der Waals surface area contributed by atoms with E-state index in [-0.39, 0.29) is 0 Å². The molecule has 0 aromatic carbocycles. The van der Waals surface area contributed by atoms with Crippen molar-refractivity contribution in [3.8, 4) is 0 Å². The highest BCUT2D eigenvalue weighted by atomic mass is 15.2. The van der Waals surface area contributed by atoms with Crippen molar-refractivity contribution in [2.24, 2.45) is 0 Å². The topological polar surface area (TPSA) is 15.3 Å². The average molecular weight is 218 g/mol. The number of piperazine rings is 1. The van der Waals surface area contributed by atoms with Crippen molar-refractivity contribution in [3.63, 3.8) is 0 Å². The molecule has 0 amide bonds. The minimum absolute atomic E-state index is 0.574. The molecule has 2 nitrogen and oxygen atoms in total. The van der Waals surface area contributed by atoms with E-state index < -0.39 is 0 Å². The van der Waals surface area contributed by atoms with Crippen LogP contribution in [-0.4, -0.2) is 30.1 Å². The average Bonchev–Trinajstić information content (AvgIpc) is 2.41. The van der Waals surface area contributed by atoms with E-state index in [0.717, 1.165) is 19.5 Å². The molecule has 1 N–H and O–H groups in total. The smallest absolute Gasteiger partial charge is 0.0393 e. The summed E-state index contributed by atoms with van der Waals surface area (Å²) in [4.78, 5) is 2.51. The van der Waals surface area contributed by atoms with Gasteiger partial charge >= 0.3 is 0 Å². The highest BCUT2D eigenvalue weighted by Crippen LogP contribution is 2.19. The molecule has 0 aromatic rings. The summed E-state index contributed by atoms with van der Waals surface area (Å²) in [6, 6.07) is 1.15. The van der Waals surface area contributed by atoms with E-state index >= 15 is 0 Å². The van der Waals surface area contributed by atoms with Crippen LogP contribution in [-0.2, 0) is 0 Å². The SMILES string of the molecule is CC1=C(N2C[C@@H](C)N[C@@H](C)C2)C=CCC=C1. The van der Waals surface area contributed by atoms with Gasteiger partial charge < -0.3 is 10.2 Å². The Hall–Kier alpha value is -1.02. The van der Waals surface area contributed by atoms with Crippen molar-refractivity contribution < 1.29 is 0 Å². The Morgan fingerprint density at radius 3 is 2.44 bits per heavy atom. The first kappa shape index (κ1) is 11.5. The molecule has 2 aliphatic rings. The maximum absolute atomic E-state index is 3.57. The van der Waals surface area contributed by atoms with Gasteiger partial charge in [-0.05, 0) is 38.8 Å². The number of hydrogen-bond acceptors (Lipinski definition) is 2.